The summed E-state index contributed by atoms with van der Waals surface area (Å²) in [6.07, 6.45) is 3.38. The van der Waals surface area contributed by atoms with Crippen molar-refractivity contribution in [2.24, 2.45) is 5.92 Å². The molecule has 3 rings (SSSR count). The van der Waals surface area contributed by atoms with Crippen molar-refractivity contribution in [1.82, 2.24) is 10.2 Å². The number of rotatable bonds is 6. The van der Waals surface area contributed by atoms with Crippen molar-refractivity contribution in [3.63, 3.8) is 0 Å². The van der Waals surface area contributed by atoms with Crippen LogP contribution in [0.5, 0.6) is 5.75 Å². The van der Waals surface area contributed by atoms with Crippen molar-refractivity contribution in [2.45, 2.75) is 38.4 Å². The van der Waals surface area contributed by atoms with Crippen LogP contribution in [-0.4, -0.2) is 55.7 Å². The Morgan fingerprint density at radius 2 is 2.07 bits per heavy atom. The lowest BCUT2D eigenvalue weighted by Crippen LogP contribution is -2.46. The minimum atomic E-state index is -3.00. The number of nitrogens with zero attached hydrogens (tertiary/aromatic N) is 1. The number of para-hydroxylation sites is 1. The van der Waals surface area contributed by atoms with Crippen LogP contribution < -0.4 is 10.1 Å². The molecule has 1 aromatic rings. The highest BCUT2D eigenvalue weighted by Crippen LogP contribution is 2.25. The molecule has 148 valence electrons. The molecular formula is C19H24F2N2O4. The molecule has 0 bridgehead atoms. The molecule has 0 spiro atoms. The molecule has 2 saturated heterocycles. The molecule has 2 aliphatic rings. The minimum absolute atomic E-state index is 0.0636. The molecule has 0 saturated carbocycles. The van der Waals surface area contributed by atoms with E-state index in [1.165, 1.54) is 23.1 Å². The molecule has 2 amide bonds. The maximum atomic E-state index is 12.8. The Kier molecular flexibility index (Phi) is 6.60. The van der Waals surface area contributed by atoms with E-state index in [0.717, 1.165) is 19.4 Å². The summed E-state index contributed by atoms with van der Waals surface area (Å²) in [6.45, 7) is -1.05. The van der Waals surface area contributed by atoms with Gasteiger partial charge in [0.15, 0.2) is 0 Å². The van der Waals surface area contributed by atoms with E-state index in [1.54, 1.807) is 6.07 Å². The lowest BCUT2D eigenvalue weighted by atomic mass is 9.96. The Morgan fingerprint density at radius 1 is 1.26 bits per heavy atom. The van der Waals surface area contributed by atoms with Crippen molar-refractivity contribution in [3.05, 3.63) is 29.8 Å². The molecule has 6 nitrogen and oxygen atoms in total. The van der Waals surface area contributed by atoms with Crippen LogP contribution in [0.1, 0.15) is 36.0 Å². The number of hydrogen-bond donors (Lipinski definition) is 1. The molecule has 2 atom stereocenters. The van der Waals surface area contributed by atoms with Gasteiger partial charge in [0.05, 0.1) is 17.6 Å². The van der Waals surface area contributed by atoms with Crippen LogP contribution in [0, 0.1) is 5.92 Å². The van der Waals surface area contributed by atoms with Gasteiger partial charge in [0.25, 0.3) is 5.91 Å². The van der Waals surface area contributed by atoms with Gasteiger partial charge in [0.1, 0.15) is 5.75 Å². The quantitative estimate of drug-likeness (QED) is 0.821. The third kappa shape index (κ3) is 5.15. The maximum Gasteiger partial charge on any atom is 0.387 e. The molecule has 27 heavy (non-hydrogen) atoms. The SMILES string of the molecule is O=C(NCC1CCCO1)C1CCCN(C(=O)c2ccccc2OC(F)F)C1. The smallest absolute Gasteiger partial charge is 0.387 e. The zero-order valence-electron chi connectivity index (χ0n) is 15.0. The number of carbonyl (C=O) groups excluding carboxylic acids is 2. The zero-order valence-corrected chi connectivity index (χ0v) is 15.0. The van der Waals surface area contributed by atoms with Crippen LogP contribution in [0.2, 0.25) is 0 Å². The van der Waals surface area contributed by atoms with Crippen molar-refractivity contribution in [3.8, 4) is 5.75 Å². The van der Waals surface area contributed by atoms with Crippen molar-refractivity contribution < 1.29 is 27.8 Å². The maximum absolute atomic E-state index is 12.8. The number of likely N-dealkylation sites (tertiary alicyclic amines) is 1. The highest BCUT2D eigenvalue weighted by Gasteiger charge is 2.30. The molecule has 0 radical (unpaired) electrons. The van der Waals surface area contributed by atoms with E-state index < -0.39 is 12.5 Å². The van der Waals surface area contributed by atoms with Crippen LogP contribution in [0.4, 0.5) is 8.78 Å². The van der Waals surface area contributed by atoms with E-state index in [4.69, 9.17) is 4.74 Å². The first kappa shape index (κ1) is 19.5. The molecule has 2 aliphatic heterocycles. The van der Waals surface area contributed by atoms with Crippen LogP contribution in [-0.2, 0) is 9.53 Å². The summed E-state index contributed by atoms with van der Waals surface area (Å²) in [5.74, 6) is -0.960. The lowest BCUT2D eigenvalue weighted by molar-refractivity contribution is -0.126. The van der Waals surface area contributed by atoms with E-state index >= 15 is 0 Å². The van der Waals surface area contributed by atoms with E-state index in [2.05, 4.69) is 10.1 Å². The number of alkyl halides is 2. The fourth-order valence-corrected chi connectivity index (χ4v) is 3.55. The van der Waals surface area contributed by atoms with Gasteiger partial charge in [-0.15, -0.1) is 0 Å². The van der Waals surface area contributed by atoms with E-state index in [9.17, 15) is 18.4 Å². The molecule has 2 fully saturated rings. The molecule has 1 N–H and O–H groups in total. The Hall–Kier alpha value is -2.22. The highest BCUT2D eigenvalue weighted by molar-refractivity contribution is 5.97. The molecule has 2 heterocycles. The third-order valence-corrected chi connectivity index (χ3v) is 4.94. The first-order valence-electron chi connectivity index (χ1n) is 9.27. The Bertz CT molecular complexity index is 665. The van der Waals surface area contributed by atoms with Gasteiger partial charge in [-0.05, 0) is 37.8 Å². The fourth-order valence-electron chi connectivity index (χ4n) is 3.55. The second-order valence-corrected chi connectivity index (χ2v) is 6.85. The predicted octanol–water partition coefficient (Wildman–Crippen LogP) is 2.44. The monoisotopic (exact) mass is 382 g/mol. The average Bonchev–Trinajstić information content (AvgIpc) is 3.19. The molecule has 2 unspecified atom stereocenters. The number of ether oxygens (including phenoxy) is 2. The summed E-state index contributed by atoms with van der Waals surface area (Å²) in [4.78, 5) is 26.8. The van der Waals surface area contributed by atoms with Gasteiger partial charge in [-0.1, -0.05) is 12.1 Å². The predicted molar refractivity (Wildman–Crippen MR) is 93.7 cm³/mol. The number of nitrogens with one attached hydrogen (secondary N) is 1. The summed E-state index contributed by atoms with van der Waals surface area (Å²) >= 11 is 0. The number of halogens is 2. The summed E-state index contributed by atoms with van der Waals surface area (Å²) in [5.41, 5.74) is 0.0817. The topological polar surface area (TPSA) is 67.9 Å². The molecule has 0 aromatic heterocycles. The fraction of sp³-hybridized carbons (Fsp3) is 0.579. The van der Waals surface area contributed by atoms with E-state index in [1.807, 2.05) is 0 Å². The highest BCUT2D eigenvalue weighted by atomic mass is 19.3. The largest absolute Gasteiger partial charge is 0.434 e. The number of hydrogen-bond acceptors (Lipinski definition) is 4. The second-order valence-electron chi connectivity index (χ2n) is 6.85. The van der Waals surface area contributed by atoms with Gasteiger partial charge >= 0.3 is 6.61 Å². The summed E-state index contributed by atoms with van der Waals surface area (Å²) in [6, 6.07) is 5.93. The van der Waals surface area contributed by atoms with Gasteiger partial charge < -0.3 is 19.7 Å². The average molecular weight is 382 g/mol. The number of piperidine rings is 1. The van der Waals surface area contributed by atoms with Crippen LogP contribution >= 0.6 is 0 Å². The summed E-state index contributed by atoms with van der Waals surface area (Å²) in [5, 5.41) is 2.91. The second kappa shape index (κ2) is 9.12. The number of benzene rings is 1. The van der Waals surface area contributed by atoms with Crippen molar-refractivity contribution >= 4 is 11.8 Å². The summed E-state index contributed by atoms with van der Waals surface area (Å²) in [7, 11) is 0. The molecule has 1 aromatic carbocycles. The first-order chi connectivity index (χ1) is 13.0. The van der Waals surface area contributed by atoms with E-state index in [0.29, 0.717) is 25.9 Å². The van der Waals surface area contributed by atoms with Crippen molar-refractivity contribution in [1.29, 1.82) is 0 Å². The minimum Gasteiger partial charge on any atom is -0.434 e. The molecular weight excluding hydrogens is 358 g/mol. The third-order valence-electron chi connectivity index (χ3n) is 4.94. The van der Waals surface area contributed by atoms with Gasteiger partial charge in [0, 0.05) is 26.2 Å². The standard InChI is InChI=1S/C19H24F2N2O4/c20-19(21)27-16-8-2-1-7-15(16)18(25)23-9-3-5-13(12-23)17(24)22-11-14-6-4-10-26-14/h1-2,7-8,13-14,19H,3-6,9-12H2,(H,22,24). The molecule has 0 aliphatic carbocycles. The zero-order chi connectivity index (χ0) is 19.2. The van der Waals surface area contributed by atoms with Gasteiger partial charge in [0.2, 0.25) is 5.91 Å². The lowest BCUT2D eigenvalue weighted by Gasteiger charge is -2.32. The van der Waals surface area contributed by atoms with Crippen LogP contribution in [0.15, 0.2) is 24.3 Å². The Labute approximate surface area is 156 Å². The van der Waals surface area contributed by atoms with Crippen molar-refractivity contribution in [2.75, 3.05) is 26.2 Å². The Balaban J connectivity index is 1.60. The number of carbonyl (C=O) groups is 2. The van der Waals surface area contributed by atoms with E-state index in [-0.39, 0.29) is 35.8 Å². The molecule has 8 heteroatoms. The van der Waals surface area contributed by atoms with Crippen LogP contribution in [0.25, 0.3) is 0 Å². The van der Waals surface area contributed by atoms with Crippen LogP contribution in [0.3, 0.4) is 0 Å². The summed E-state index contributed by atoms with van der Waals surface area (Å²) < 4.78 is 35.1. The van der Waals surface area contributed by atoms with Gasteiger partial charge in [-0.25, -0.2) is 0 Å². The van der Waals surface area contributed by atoms with Gasteiger partial charge in [-0.3, -0.25) is 9.59 Å². The van der Waals surface area contributed by atoms with Gasteiger partial charge in [-0.2, -0.15) is 8.78 Å². The number of amides is 2. The normalized spacial score (nSPS) is 22.7. The first-order valence-corrected chi connectivity index (χ1v) is 9.27. The Morgan fingerprint density at radius 3 is 2.81 bits per heavy atom.